The number of carbonyl (C=O) groups excluding carboxylic acids is 1. The van der Waals surface area contributed by atoms with Crippen LogP contribution < -0.4 is 16.2 Å². The van der Waals surface area contributed by atoms with E-state index >= 15 is 0 Å². The summed E-state index contributed by atoms with van der Waals surface area (Å²) in [6.07, 6.45) is 3.60. The number of ether oxygens (including phenoxy) is 1. The lowest BCUT2D eigenvalue weighted by molar-refractivity contribution is -0.150. The molecule has 0 radical (unpaired) electrons. The predicted octanol–water partition coefficient (Wildman–Crippen LogP) is 1.95. The fourth-order valence-electron chi connectivity index (χ4n) is 3.46. The molecule has 1 aromatic heterocycles. The van der Waals surface area contributed by atoms with Crippen molar-refractivity contribution in [3.05, 3.63) is 29.4 Å². The number of rotatable bonds is 6. The number of halogens is 1. The van der Waals surface area contributed by atoms with E-state index in [0.717, 1.165) is 12.8 Å². The number of hydrogen-bond donors (Lipinski definition) is 3. The molecule has 1 saturated carbocycles. The number of pyridine rings is 1. The molecule has 1 aliphatic rings. The molecular formula is C18H22ClN5O4S. The summed E-state index contributed by atoms with van der Waals surface area (Å²) in [5, 5.41) is 1.23. The van der Waals surface area contributed by atoms with E-state index in [9.17, 15) is 13.2 Å². The van der Waals surface area contributed by atoms with Crippen LogP contribution in [0.4, 0.5) is 5.82 Å². The lowest BCUT2D eigenvalue weighted by Gasteiger charge is -2.27. The number of benzene rings is 1. The molecule has 1 heterocycles. The minimum Gasteiger partial charge on any atom is -0.465 e. The second-order valence-corrected chi connectivity index (χ2v) is 8.88. The van der Waals surface area contributed by atoms with Crippen molar-refractivity contribution in [1.29, 1.82) is 0 Å². The molecule has 1 fully saturated rings. The third-order valence-electron chi connectivity index (χ3n) is 4.79. The number of hydrogen-bond acceptors (Lipinski definition) is 6. The van der Waals surface area contributed by atoms with Crippen molar-refractivity contribution in [2.24, 2.45) is 16.5 Å². The molecule has 156 valence electrons. The molecule has 1 aliphatic carbocycles. The maximum atomic E-state index is 13.1. The molecule has 1 aromatic carbocycles. The molecule has 5 N–H and O–H groups in total. The normalized spacial score (nSPS) is 15.9. The van der Waals surface area contributed by atoms with Gasteiger partial charge in [-0.3, -0.25) is 4.79 Å². The van der Waals surface area contributed by atoms with Gasteiger partial charge in [0, 0.05) is 17.0 Å². The SMILES string of the molecule is CCOC(=O)C1(NS(=O)(=O)c2ccc3c(Cl)cnc(N=C(N)N)c3c2)CCCC1. The highest BCUT2D eigenvalue weighted by molar-refractivity contribution is 7.89. The van der Waals surface area contributed by atoms with Crippen LogP contribution in [0.25, 0.3) is 10.8 Å². The van der Waals surface area contributed by atoms with Gasteiger partial charge in [0.1, 0.15) is 5.54 Å². The minimum absolute atomic E-state index is 0.0586. The average molecular weight is 440 g/mol. The van der Waals surface area contributed by atoms with Crippen LogP contribution in [0.1, 0.15) is 32.6 Å². The van der Waals surface area contributed by atoms with E-state index in [4.69, 9.17) is 27.8 Å². The van der Waals surface area contributed by atoms with Crippen molar-refractivity contribution in [1.82, 2.24) is 9.71 Å². The standard InChI is InChI=1S/C18H22ClN5O4S/c1-2-28-16(25)18(7-3-4-8-18)24-29(26,27)11-5-6-12-13(9-11)15(23-17(20)21)22-10-14(12)19/h5-6,9-10,24H,2-4,7-8H2,1H3,(H4,20,21,22,23). The first kappa shape index (κ1) is 21.3. The Morgan fingerprint density at radius 3 is 2.62 bits per heavy atom. The summed E-state index contributed by atoms with van der Waals surface area (Å²) < 4.78 is 33.9. The second-order valence-electron chi connectivity index (χ2n) is 6.79. The van der Waals surface area contributed by atoms with E-state index in [1.807, 2.05) is 0 Å². The fraction of sp³-hybridized carbons (Fsp3) is 0.389. The van der Waals surface area contributed by atoms with Crippen molar-refractivity contribution >= 4 is 50.1 Å². The number of guanidine groups is 1. The smallest absolute Gasteiger partial charge is 0.327 e. The molecule has 0 spiro atoms. The van der Waals surface area contributed by atoms with Gasteiger partial charge in [-0.1, -0.05) is 30.5 Å². The van der Waals surface area contributed by atoms with Gasteiger partial charge in [-0.25, -0.2) is 13.4 Å². The van der Waals surface area contributed by atoms with Crippen LogP contribution in [0.3, 0.4) is 0 Å². The predicted molar refractivity (Wildman–Crippen MR) is 110 cm³/mol. The Hall–Kier alpha value is -2.43. The maximum absolute atomic E-state index is 13.1. The first-order valence-corrected chi connectivity index (χ1v) is 10.9. The van der Waals surface area contributed by atoms with Crippen LogP contribution in [-0.4, -0.2) is 37.5 Å². The lowest BCUT2D eigenvalue weighted by atomic mass is 10.00. The number of aromatic nitrogens is 1. The summed E-state index contributed by atoms with van der Waals surface area (Å²) in [6.45, 7) is 1.85. The van der Waals surface area contributed by atoms with Gasteiger partial charge in [0.15, 0.2) is 11.8 Å². The van der Waals surface area contributed by atoms with Gasteiger partial charge < -0.3 is 16.2 Å². The Morgan fingerprint density at radius 1 is 1.31 bits per heavy atom. The monoisotopic (exact) mass is 439 g/mol. The van der Waals surface area contributed by atoms with Crippen LogP contribution in [-0.2, 0) is 19.6 Å². The Kier molecular flexibility index (Phi) is 5.97. The van der Waals surface area contributed by atoms with Gasteiger partial charge in [-0.2, -0.15) is 9.71 Å². The van der Waals surface area contributed by atoms with Crippen molar-refractivity contribution in [2.45, 2.75) is 43.0 Å². The summed E-state index contributed by atoms with van der Waals surface area (Å²) in [7, 11) is -4.05. The maximum Gasteiger partial charge on any atom is 0.327 e. The Balaban J connectivity index is 2.07. The third kappa shape index (κ3) is 4.29. The van der Waals surface area contributed by atoms with E-state index in [-0.39, 0.29) is 23.3 Å². The number of nitrogens with zero attached hydrogens (tertiary/aromatic N) is 2. The highest BCUT2D eigenvalue weighted by Gasteiger charge is 2.45. The summed E-state index contributed by atoms with van der Waals surface area (Å²) in [6, 6.07) is 4.33. The molecule has 3 rings (SSSR count). The van der Waals surface area contributed by atoms with Gasteiger partial charge in [0.2, 0.25) is 10.0 Å². The number of aliphatic imine (C=N–C) groups is 1. The molecule has 0 amide bonds. The summed E-state index contributed by atoms with van der Waals surface area (Å²) in [4.78, 5) is 20.4. The highest BCUT2D eigenvalue weighted by Crippen LogP contribution is 2.35. The second kappa shape index (κ2) is 8.13. The largest absolute Gasteiger partial charge is 0.465 e. The van der Waals surface area contributed by atoms with E-state index in [1.54, 1.807) is 13.0 Å². The van der Waals surface area contributed by atoms with Gasteiger partial charge in [-0.15, -0.1) is 0 Å². The topological polar surface area (TPSA) is 150 Å². The zero-order valence-electron chi connectivity index (χ0n) is 15.8. The van der Waals surface area contributed by atoms with Crippen LogP contribution >= 0.6 is 11.6 Å². The lowest BCUT2D eigenvalue weighted by Crippen LogP contribution is -2.53. The molecule has 0 unspecified atom stereocenters. The van der Waals surface area contributed by atoms with Gasteiger partial charge in [0.25, 0.3) is 0 Å². The Labute approximate surface area is 173 Å². The van der Waals surface area contributed by atoms with Crippen LogP contribution in [0.2, 0.25) is 5.02 Å². The van der Waals surface area contributed by atoms with Crippen molar-refractivity contribution < 1.29 is 17.9 Å². The van der Waals surface area contributed by atoms with Crippen LogP contribution in [0.5, 0.6) is 0 Å². The Bertz CT molecular complexity index is 1080. The van der Waals surface area contributed by atoms with Gasteiger partial charge in [-0.05, 0) is 31.9 Å². The average Bonchev–Trinajstić information content (AvgIpc) is 3.13. The molecular weight excluding hydrogens is 418 g/mol. The number of nitrogens with two attached hydrogens (primary N) is 2. The number of esters is 1. The van der Waals surface area contributed by atoms with E-state index < -0.39 is 21.5 Å². The van der Waals surface area contributed by atoms with Crippen molar-refractivity contribution in [3.8, 4) is 0 Å². The van der Waals surface area contributed by atoms with Crippen molar-refractivity contribution in [2.75, 3.05) is 6.61 Å². The number of nitrogens with one attached hydrogen (secondary N) is 1. The molecule has 0 saturated heterocycles. The zero-order chi connectivity index (χ0) is 21.2. The van der Waals surface area contributed by atoms with Crippen molar-refractivity contribution in [3.63, 3.8) is 0 Å². The zero-order valence-corrected chi connectivity index (χ0v) is 17.4. The minimum atomic E-state index is -4.05. The van der Waals surface area contributed by atoms with E-state index in [1.165, 1.54) is 18.3 Å². The van der Waals surface area contributed by atoms with Crippen LogP contribution in [0, 0.1) is 0 Å². The molecule has 29 heavy (non-hydrogen) atoms. The number of fused-ring (bicyclic) bond motifs is 1. The summed E-state index contributed by atoms with van der Waals surface area (Å²) >= 11 is 6.17. The molecule has 0 bridgehead atoms. The molecule has 9 nitrogen and oxygen atoms in total. The quantitative estimate of drug-likeness (QED) is 0.353. The molecule has 0 atom stereocenters. The molecule has 2 aromatic rings. The first-order chi connectivity index (χ1) is 13.7. The summed E-state index contributed by atoms with van der Waals surface area (Å²) in [5.74, 6) is -0.644. The number of carbonyl (C=O) groups is 1. The molecule has 0 aliphatic heterocycles. The Morgan fingerprint density at radius 2 is 2.00 bits per heavy atom. The van der Waals surface area contributed by atoms with Gasteiger partial charge >= 0.3 is 5.97 Å². The first-order valence-electron chi connectivity index (χ1n) is 9.07. The fourth-order valence-corrected chi connectivity index (χ4v) is 5.12. The van der Waals surface area contributed by atoms with E-state index in [0.29, 0.717) is 28.6 Å². The number of sulfonamides is 1. The summed E-state index contributed by atoms with van der Waals surface area (Å²) in [5.41, 5.74) is 9.61. The third-order valence-corrected chi connectivity index (χ3v) is 6.62. The molecule has 11 heteroatoms. The highest BCUT2D eigenvalue weighted by atomic mass is 35.5. The van der Waals surface area contributed by atoms with Crippen LogP contribution in [0.15, 0.2) is 34.3 Å². The van der Waals surface area contributed by atoms with Gasteiger partial charge in [0.05, 0.1) is 16.5 Å². The van der Waals surface area contributed by atoms with E-state index in [2.05, 4.69) is 14.7 Å².